The lowest BCUT2D eigenvalue weighted by Crippen LogP contribution is -2.53. The number of fused-ring (bicyclic) bond motifs is 1. The molecule has 1 atom stereocenters. The van der Waals surface area contributed by atoms with Gasteiger partial charge in [0.15, 0.2) is 0 Å². The Hall–Kier alpha value is -2.50. The molecule has 2 amide bonds. The molecular formula is C23H33N3O3. The third kappa shape index (κ3) is 4.74. The van der Waals surface area contributed by atoms with Crippen molar-refractivity contribution in [1.29, 1.82) is 0 Å². The fourth-order valence-electron chi connectivity index (χ4n) is 3.91. The topological polar surface area (TPSA) is 58.7 Å². The van der Waals surface area contributed by atoms with Gasteiger partial charge in [-0.3, -0.25) is 9.59 Å². The molecule has 1 aliphatic rings. The molecule has 158 valence electrons. The van der Waals surface area contributed by atoms with Gasteiger partial charge in [-0.25, -0.2) is 0 Å². The van der Waals surface area contributed by atoms with Crippen LogP contribution in [0.4, 0.5) is 0 Å². The molecule has 0 aromatic carbocycles. The number of amides is 2. The lowest BCUT2D eigenvalue weighted by atomic mass is 9.90. The molecule has 0 spiro atoms. The van der Waals surface area contributed by atoms with Crippen LogP contribution in [0.25, 0.3) is 0 Å². The molecule has 0 aliphatic carbocycles. The average molecular weight is 400 g/mol. The first kappa shape index (κ1) is 21.2. The van der Waals surface area contributed by atoms with E-state index in [2.05, 4.69) is 4.57 Å². The predicted octanol–water partition coefficient (Wildman–Crippen LogP) is 4.08. The quantitative estimate of drug-likeness (QED) is 0.778. The molecule has 0 N–H and O–H groups in total. The Labute approximate surface area is 173 Å². The lowest BCUT2D eigenvalue weighted by Gasteiger charge is -2.41. The maximum absolute atomic E-state index is 13.5. The molecule has 2 aromatic heterocycles. The SMILES string of the molecule is CC(C)(C)CC(=O)N(CC(=O)N1CCn2cccc2[C@H]1c1ccoc1)C(C)(C)C. The van der Waals surface area contributed by atoms with Gasteiger partial charge in [-0.1, -0.05) is 20.8 Å². The fraction of sp³-hybridized carbons (Fsp3) is 0.565. The number of carbonyl (C=O) groups is 2. The average Bonchev–Trinajstić information content (AvgIpc) is 3.26. The van der Waals surface area contributed by atoms with E-state index in [4.69, 9.17) is 4.42 Å². The summed E-state index contributed by atoms with van der Waals surface area (Å²) in [7, 11) is 0. The standard InChI is InChI=1S/C23H33N3O3/c1-22(2,3)14-19(27)26(23(4,5)6)15-20(28)25-12-11-24-10-7-8-18(24)21(25)17-9-13-29-16-17/h7-10,13,16,21H,11-12,14-15H2,1-6H3/t21-/m1/s1. The highest BCUT2D eigenvalue weighted by Crippen LogP contribution is 2.33. The lowest BCUT2D eigenvalue weighted by molar-refractivity contribution is -0.147. The molecule has 0 saturated carbocycles. The van der Waals surface area contributed by atoms with Gasteiger partial charge in [0, 0.05) is 42.5 Å². The van der Waals surface area contributed by atoms with Crippen molar-refractivity contribution in [2.45, 2.75) is 66.1 Å². The molecule has 3 heterocycles. The number of carbonyl (C=O) groups excluding carboxylic acids is 2. The van der Waals surface area contributed by atoms with E-state index in [1.165, 1.54) is 0 Å². The minimum Gasteiger partial charge on any atom is -0.472 e. The fourth-order valence-corrected chi connectivity index (χ4v) is 3.91. The van der Waals surface area contributed by atoms with E-state index in [0.717, 1.165) is 17.8 Å². The number of nitrogens with zero attached hydrogens (tertiary/aromatic N) is 3. The van der Waals surface area contributed by atoms with Crippen molar-refractivity contribution in [1.82, 2.24) is 14.4 Å². The minimum atomic E-state index is -0.431. The first-order valence-corrected chi connectivity index (χ1v) is 10.2. The van der Waals surface area contributed by atoms with Gasteiger partial charge in [0.25, 0.3) is 0 Å². The number of hydrogen-bond donors (Lipinski definition) is 0. The van der Waals surface area contributed by atoms with Gasteiger partial charge in [-0.05, 0) is 44.4 Å². The Morgan fingerprint density at radius 3 is 2.45 bits per heavy atom. The van der Waals surface area contributed by atoms with E-state index in [1.54, 1.807) is 17.4 Å². The van der Waals surface area contributed by atoms with E-state index in [9.17, 15) is 9.59 Å². The van der Waals surface area contributed by atoms with E-state index < -0.39 is 5.54 Å². The molecule has 6 heteroatoms. The highest BCUT2D eigenvalue weighted by Gasteiger charge is 2.36. The van der Waals surface area contributed by atoms with Crippen LogP contribution in [0.3, 0.4) is 0 Å². The summed E-state index contributed by atoms with van der Waals surface area (Å²) in [6.45, 7) is 13.5. The summed E-state index contributed by atoms with van der Waals surface area (Å²) in [6, 6.07) is 5.75. The second-order valence-corrected chi connectivity index (χ2v) is 10.1. The summed E-state index contributed by atoms with van der Waals surface area (Å²) < 4.78 is 7.48. The van der Waals surface area contributed by atoms with Crippen LogP contribution in [-0.4, -0.2) is 44.8 Å². The molecule has 6 nitrogen and oxygen atoms in total. The van der Waals surface area contributed by atoms with Crippen molar-refractivity contribution in [2.75, 3.05) is 13.1 Å². The smallest absolute Gasteiger partial charge is 0.243 e. The highest BCUT2D eigenvalue weighted by molar-refractivity contribution is 5.86. The first-order chi connectivity index (χ1) is 13.5. The molecule has 3 rings (SSSR count). The van der Waals surface area contributed by atoms with Crippen LogP contribution in [0.2, 0.25) is 0 Å². The number of furan rings is 1. The molecule has 0 saturated heterocycles. The Balaban J connectivity index is 1.86. The largest absolute Gasteiger partial charge is 0.472 e. The molecule has 0 unspecified atom stereocenters. The predicted molar refractivity (Wildman–Crippen MR) is 112 cm³/mol. The van der Waals surface area contributed by atoms with E-state index in [-0.39, 0.29) is 29.8 Å². The van der Waals surface area contributed by atoms with Crippen LogP contribution in [0.5, 0.6) is 0 Å². The molecule has 0 fully saturated rings. The van der Waals surface area contributed by atoms with Crippen molar-refractivity contribution in [3.63, 3.8) is 0 Å². The summed E-state index contributed by atoms with van der Waals surface area (Å²) in [5.41, 5.74) is 1.45. The Kier molecular flexibility index (Phi) is 5.65. The normalized spacial score (nSPS) is 17.2. The van der Waals surface area contributed by atoms with Gasteiger partial charge in [0.2, 0.25) is 11.8 Å². The van der Waals surface area contributed by atoms with Crippen molar-refractivity contribution >= 4 is 11.8 Å². The number of rotatable bonds is 4. The number of hydrogen-bond acceptors (Lipinski definition) is 3. The minimum absolute atomic E-state index is 0.0126. The summed E-state index contributed by atoms with van der Waals surface area (Å²) in [5.74, 6) is -0.0283. The third-order valence-electron chi connectivity index (χ3n) is 5.30. The van der Waals surface area contributed by atoms with Crippen LogP contribution < -0.4 is 0 Å². The van der Waals surface area contributed by atoms with Gasteiger partial charge in [0.05, 0.1) is 12.5 Å². The van der Waals surface area contributed by atoms with Crippen LogP contribution in [0, 0.1) is 5.41 Å². The van der Waals surface area contributed by atoms with Gasteiger partial charge in [-0.15, -0.1) is 0 Å². The molecule has 2 aromatic rings. The molecular weight excluding hydrogens is 366 g/mol. The maximum Gasteiger partial charge on any atom is 0.243 e. The van der Waals surface area contributed by atoms with Crippen LogP contribution in [-0.2, 0) is 16.1 Å². The zero-order chi connectivity index (χ0) is 21.4. The van der Waals surface area contributed by atoms with Crippen molar-refractivity contribution in [3.8, 4) is 0 Å². The maximum atomic E-state index is 13.5. The summed E-state index contributed by atoms with van der Waals surface area (Å²) in [5, 5.41) is 0. The second kappa shape index (κ2) is 7.73. The first-order valence-electron chi connectivity index (χ1n) is 10.2. The van der Waals surface area contributed by atoms with E-state index >= 15 is 0 Å². The molecule has 0 radical (unpaired) electrons. The van der Waals surface area contributed by atoms with Crippen LogP contribution in [0.15, 0.2) is 41.3 Å². The molecule has 1 aliphatic heterocycles. The van der Waals surface area contributed by atoms with Crippen molar-refractivity contribution < 1.29 is 14.0 Å². The summed E-state index contributed by atoms with van der Waals surface area (Å²) >= 11 is 0. The molecule has 0 bridgehead atoms. The van der Waals surface area contributed by atoms with Gasteiger partial charge in [-0.2, -0.15) is 0 Å². The van der Waals surface area contributed by atoms with Crippen LogP contribution in [0.1, 0.15) is 65.3 Å². The van der Waals surface area contributed by atoms with Crippen LogP contribution >= 0.6 is 0 Å². The summed E-state index contributed by atoms with van der Waals surface area (Å²) in [4.78, 5) is 30.1. The summed E-state index contributed by atoms with van der Waals surface area (Å²) in [6.07, 6.45) is 5.78. The van der Waals surface area contributed by atoms with Crippen molar-refractivity contribution in [2.24, 2.45) is 5.41 Å². The Morgan fingerprint density at radius 2 is 1.86 bits per heavy atom. The molecule has 29 heavy (non-hydrogen) atoms. The zero-order valence-corrected chi connectivity index (χ0v) is 18.4. The Morgan fingerprint density at radius 1 is 1.14 bits per heavy atom. The third-order valence-corrected chi connectivity index (χ3v) is 5.30. The van der Waals surface area contributed by atoms with Gasteiger partial charge >= 0.3 is 0 Å². The van der Waals surface area contributed by atoms with Crippen molar-refractivity contribution in [3.05, 3.63) is 48.2 Å². The Bertz CT molecular complexity index is 853. The van der Waals surface area contributed by atoms with Gasteiger partial charge < -0.3 is 18.8 Å². The number of aromatic nitrogens is 1. The zero-order valence-electron chi connectivity index (χ0n) is 18.4. The van der Waals surface area contributed by atoms with E-state index in [1.807, 2.05) is 70.8 Å². The van der Waals surface area contributed by atoms with Gasteiger partial charge in [0.1, 0.15) is 12.6 Å². The highest BCUT2D eigenvalue weighted by atomic mass is 16.3. The monoisotopic (exact) mass is 399 g/mol. The van der Waals surface area contributed by atoms with E-state index in [0.29, 0.717) is 13.0 Å². The second-order valence-electron chi connectivity index (χ2n) is 10.1.